The highest BCUT2D eigenvalue weighted by Gasteiger charge is 2.18. The molecule has 1 amide bonds. The molecule has 0 aliphatic rings. The number of benzene rings is 3. The maximum Gasteiger partial charge on any atom is 0.275 e. The maximum atomic E-state index is 12.5. The van der Waals surface area contributed by atoms with Gasteiger partial charge in [0.1, 0.15) is 6.04 Å². The molecule has 4 heteroatoms. The van der Waals surface area contributed by atoms with Gasteiger partial charge in [-0.05, 0) is 25.0 Å². The Morgan fingerprint density at radius 2 is 1.63 bits per heavy atom. The van der Waals surface area contributed by atoms with E-state index in [2.05, 4.69) is 71.1 Å². The molecule has 4 aromatic rings. The second kappa shape index (κ2) is 9.42. The predicted octanol–water partition coefficient (Wildman–Crippen LogP) is 3.49. The summed E-state index contributed by atoms with van der Waals surface area (Å²) >= 11 is 0. The Balaban J connectivity index is 1.35. The molecule has 4 N–H and O–H groups in total. The van der Waals surface area contributed by atoms with Crippen molar-refractivity contribution >= 4 is 16.8 Å². The first-order valence-electron chi connectivity index (χ1n) is 10.5. The number of carbonyl (C=O) groups excluding carboxylic acids is 1. The number of aryl methyl sites for hydroxylation is 1. The molecule has 0 aliphatic heterocycles. The Hall–Kier alpha value is -3.37. The van der Waals surface area contributed by atoms with E-state index < -0.39 is 0 Å². The van der Waals surface area contributed by atoms with Crippen molar-refractivity contribution in [1.82, 2.24) is 10.3 Å². The maximum absolute atomic E-state index is 12.5. The molecular weight excluding hydrogens is 370 g/mol. The molecule has 0 fully saturated rings. The van der Waals surface area contributed by atoms with Crippen molar-refractivity contribution < 1.29 is 10.1 Å². The van der Waals surface area contributed by atoms with Gasteiger partial charge in [0.25, 0.3) is 5.91 Å². The van der Waals surface area contributed by atoms with Gasteiger partial charge in [0.15, 0.2) is 6.54 Å². The fourth-order valence-corrected chi connectivity index (χ4v) is 3.87. The van der Waals surface area contributed by atoms with E-state index in [1.54, 1.807) is 0 Å². The van der Waals surface area contributed by atoms with Gasteiger partial charge >= 0.3 is 0 Å². The second-order valence-electron chi connectivity index (χ2n) is 7.70. The quantitative estimate of drug-likeness (QED) is 0.418. The number of hydrogen-bond acceptors (Lipinski definition) is 1. The van der Waals surface area contributed by atoms with Gasteiger partial charge in [0, 0.05) is 34.8 Å². The lowest BCUT2D eigenvalue weighted by Crippen LogP contribution is -2.87. The largest absolute Gasteiger partial charge is 0.361 e. The number of nitrogens with one attached hydrogen (secondary N) is 2. The molecule has 4 rings (SSSR count). The molecule has 0 radical (unpaired) electrons. The summed E-state index contributed by atoms with van der Waals surface area (Å²) in [5.74, 6) is 0.0582. The van der Waals surface area contributed by atoms with Crippen molar-refractivity contribution in [2.24, 2.45) is 0 Å². The number of hydrogen-bond donors (Lipinski definition) is 3. The molecule has 0 spiro atoms. The smallest absolute Gasteiger partial charge is 0.275 e. The molecule has 1 atom stereocenters. The summed E-state index contributed by atoms with van der Waals surface area (Å²) in [5, 5.41) is 6.41. The predicted molar refractivity (Wildman–Crippen MR) is 121 cm³/mol. The molecule has 1 heterocycles. The van der Waals surface area contributed by atoms with E-state index in [1.807, 2.05) is 36.5 Å². The zero-order chi connectivity index (χ0) is 20.8. The molecule has 152 valence electrons. The molecule has 0 bridgehead atoms. The zero-order valence-electron chi connectivity index (χ0n) is 17.3. The van der Waals surface area contributed by atoms with Crippen LogP contribution in [0.5, 0.6) is 0 Å². The Morgan fingerprint density at radius 1 is 0.933 bits per heavy atom. The van der Waals surface area contributed by atoms with Crippen LogP contribution in [0.25, 0.3) is 10.9 Å². The molecule has 3 aromatic carbocycles. The Bertz CT molecular complexity index is 1100. The van der Waals surface area contributed by atoms with E-state index in [4.69, 9.17) is 0 Å². The van der Waals surface area contributed by atoms with Crippen molar-refractivity contribution in [2.75, 3.05) is 13.1 Å². The van der Waals surface area contributed by atoms with Gasteiger partial charge in [0.2, 0.25) is 0 Å². The number of fused-ring (bicyclic) bond motifs is 1. The number of amides is 1. The van der Waals surface area contributed by atoms with Gasteiger partial charge in [-0.25, -0.2) is 0 Å². The van der Waals surface area contributed by atoms with Gasteiger partial charge in [-0.3, -0.25) is 4.79 Å². The molecule has 0 saturated heterocycles. The third kappa shape index (κ3) is 4.78. The molecular formula is C26H28N3O+. The highest BCUT2D eigenvalue weighted by molar-refractivity contribution is 5.83. The summed E-state index contributed by atoms with van der Waals surface area (Å²) in [7, 11) is 0. The van der Waals surface area contributed by atoms with Crippen LogP contribution in [-0.2, 0) is 11.2 Å². The van der Waals surface area contributed by atoms with Crippen LogP contribution < -0.4 is 10.6 Å². The molecule has 0 aliphatic carbocycles. The van der Waals surface area contributed by atoms with Crippen LogP contribution in [0.4, 0.5) is 0 Å². The van der Waals surface area contributed by atoms with Gasteiger partial charge in [-0.1, -0.05) is 78.4 Å². The number of aromatic nitrogens is 1. The summed E-state index contributed by atoms with van der Waals surface area (Å²) in [6.07, 6.45) is 2.85. The summed E-state index contributed by atoms with van der Waals surface area (Å²) in [5.41, 5.74) is 6.01. The number of para-hydroxylation sites is 1. The minimum Gasteiger partial charge on any atom is -0.361 e. The van der Waals surface area contributed by atoms with Gasteiger partial charge in [-0.15, -0.1) is 0 Å². The number of nitrogens with two attached hydrogens (primary N) is 1. The molecule has 0 unspecified atom stereocenters. The lowest BCUT2D eigenvalue weighted by molar-refractivity contribution is -0.676. The highest BCUT2D eigenvalue weighted by atomic mass is 16.1. The first-order valence-corrected chi connectivity index (χ1v) is 10.5. The molecule has 30 heavy (non-hydrogen) atoms. The average Bonchev–Trinajstić information content (AvgIpc) is 3.19. The number of quaternary nitrogens is 1. The number of rotatable bonds is 8. The number of aromatic amines is 1. The van der Waals surface area contributed by atoms with Crippen LogP contribution in [0.3, 0.4) is 0 Å². The van der Waals surface area contributed by atoms with E-state index in [-0.39, 0.29) is 11.9 Å². The molecule has 1 aromatic heterocycles. The zero-order valence-corrected chi connectivity index (χ0v) is 17.3. The molecule has 0 saturated carbocycles. The Kier molecular flexibility index (Phi) is 6.26. The minimum absolute atomic E-state index is 0.0582. The molecule has 4 nitrogen and oxygen atoms in total. The van der Waals surface area contributed by atoms with Crippen molar-refractivity contribution in [3.05, 3.63) is 107 Å². The van der Waals surface area contributed by atoms with Crippen molar-refractivity contribution in [3.8, 4) is 0 Å². The van der Waals surface area contributed by atoms with Gasteiger partial charge < -0.3 is 15.6 Å². The average molecular weight is 399 g/mol. The van der Waals surface area contributed by atoms with Crippen LogP contribution in [0.2, 0.25) is 0 Å². The first-order chi connectivity index (χ1) is 14.7. The van der Waals surface area contributed by atoms with Crippen LogP contribution in [0.15, 0.2) is 85.1 Å². The van der Waals surface area contributed by atoms with Crippen molar-refractivity contribution in [3.63, 3.8) is 0 Å². The fraction of sp³-hybridized carbons (Fsp3) is 0.192. The van der Waals surface area contributed by atoms with Crippen molar-refractivity contribution in [2.45, 2.75) is 19.4 Å². The third-order valence-electron chi connectivity index (χ3n) is 5.53. The summed E-state index contributed by atoms with van der Waals surface area (Å²) in [6, 6.07) is 27.3. The summed E-state index contributed by atoms with van der Waals surface area (Å²) < 4.78 is 0. The Morgan fingerprint density at radius 3 is 2.43 bits per heavy atom. The SMILES string of the molecule is Cc1ccc([C@H]([NH2+]CC(=O)NCCc2c[nH]c3ccccc23)c2ccccc2)cc1. The van der Waals surface area contributed by atoms with Gasteiger partial charge in [-0.2, -0.15) is 0 Å². The fourth-order valence-electron chi connectivity index (χ4n) is 3.87. The van der Waals surface area contributed by atoms with E-state index in [1.165, 1.54) is 27.6 Å². The minimum atomic E-state index is 0.0582. The third-order valence-corrected chi connectivity index (χ3v) is 5.53. The van der Waals surface area contributed by atoms with Crippen LogP contribution in [0.1, 0.15) is 28.3 Å². The van der Waals surface area contributed by atoms with Crippen LogP contribution in [0, 0.1) is 6.92 Å². The van der Waals surface area contributed by atoms with Crippen molar-refractivity contribution in [1.29, 1.82) is 0 Å². The van der Waals surface area contributed by atoms with E-state index in [0.29, 0.717) is 13.1 Å². The lowest BCUT2D eigenvalue weighted by Gasteiger charge is -2.17. The normalized spacial score (nSPS) is 12.0. The van der Waals surface area contributed by atoms with E-state index in [0.717, 1.165) is 11.9 Å². The first kappa shape index (κ1) is 19.9. The van der Waals surface area contributed by atoms with Crippen LogP contribution in [-0.4, -0.2) is 24.0 Å². The van der Waals surface area contributed by atoms with Gasteiger partial charge in [0.05, 0.1) is 0 Å². The standard InChI is InChI=1S/C26H27N3O/c1-19-11-13-21(14-12-19)26(20-7-3-2-4-8-20)29-18-25(30)27-16-15-22-17-28-24-10-6-5-9-23(22)24/h2-14,17,26,28-29H,15-16,18H2,1H3,(H,27,30)/p+1/t26-/m1/s1. The highest BCUT2D eigenvalue weighted by Crippen LogP contribution is 2.19. The van der Waals surface area contributed by atoms with Crippen LogP contribution >= 0.6 is 0 Å². The topological polar surface area (TPSA) is 61.5 Å². The monoisotopic (exact) mass is 398 g/mol. The van der Waals surface area contributed by atoms with E-state index >= 15 is 0 Å². The number of carbonyl (C=O) groups is 1. The Labute approximate surface area is 177 Å². The number of H-pyrrole nitrogens is 1. The summed E-state index contributed by atoms with van der Waals surface area (Å²) in [4.78, 5) is 15.8. The summed E-state index contributed by atoms with van der Waals surface area (Å²) in [6.45, 7) is 3.11. The van der Waals surface area contributed by atoms with E-state index in [9.17, 15) is 4.79 Å². The lowest BCUT2D eigenvalue weighted by atomic mass is 9.98. The second-order valence-corrected chi connectivity index (χ2v) is 7.70.